The van der Waals surface area contributed by atoms with E-state index in [1.807, 2.05) is 6.92 Å². The lowest BCUT2D eigenvalue weighted by Gasteiger charge is -2.35. The third kappa shape index (κ3) is 5.58. The second kappa shape index (κ2) is 9.84. The number of carbonyl (C=O) groups excluding carboxylic acids is 1. The van der Waals surface area contributed by atoms with Crippen molar-refractivity contribution in [2.45, 2.75) is 63.5 Å². The maximum atomic E-state index is 14.5. The molecule has 0 spiro atoms. The van der Waals surface area contributed by atoms with E-state index in [9.17, 15) is 22.4 Å². The van der Waals surface area contributed by atoms with Crippen LogP contribution in [0.3, 0.4) is 0 Å². The molecule has 0 saturated heterocycles. The van der Waals surface area contributed by atoms with Crippen LogP contribution in [0.1, 0.15) is 51.5 Å². The van der Waals surface area contributed by atoms with E-state index < -0.39 is 35.2 Å². The topological polar surface area (TPSA) is 111 Å². The lowest BCUT2D eigenvalue weighted by atomic mass is 9.88. The van der Waals surface area contributed by atoms with Crippen molar-refractivity contribution in [3.8, 4) is 0 Å². The number of halogens is 5. The Morgan fingerprint density at radius 3 is 2.54 bits per heavy atom. The Bertz CT molecular complexity index is 1220. The predicted octanol–water partition coefficient (Wildman–Crippen LogP) is 5.32. The summed E-state index contributed by atoms with van der Waals surface area (Å²) in [7, 11) is 0. The molecule has 1 aliphatic carbocycles. The number of nitrogens with zero attached hydrogens (tertiary/aromatic N) is 4. The fourth-order valence-electron chi connectivity index (χ4n) is 4.16. The van der Waals surface area contributed by atoms with E-state index in [0.717, 1.165) is 18.6 Å². The highest BCUT2D eigenvalue weighted by Gasteiger charge is 2.45. The molecular formula is C22H24ClF4N7O. The van der Waals surface area contributed by atoms with Crippen LogP contribution >= 0.6 is 11.6 Å². The fraction of sp³-hybridized carbons (Fsp3) is 0.455. The number of rotatable bonds is 10. The number of aromatic nitrogens is 4. The van der Waals surface area contributed by atoms with E-state index in [1.165, 1.54) is 6.20 Å². The highest BCUT2D eigenvalue weighted by molar-refractivity contribution is 6.30. The molecule has 8 nitrogen and oxygen atoms in total. The Balaban J connectivity index is 1.76. The maximum Gasteiger partial charge on any atom is 0.252 e. The zero-order valence-corrected chi connectivity index (χ0v) is 19.5. The fourth-order valence-corrected chi connectivity index (χ4v) is 4.35. The van der Waals surface area contributed by atoms with Gasteiger partial charge in [0, 0.05) is 36.4 Å². The van der Waals surface area contributed by atoms with E-state index in [1.54, 1.807) is 4.57 Å². The lowest BCUT2D eigenvalue weighted by molar-refractivity contribution is -0.118. The van der Waals surface area contributed by atoms with Gasteiger partial charge in [-0.2, -0.15) is 4.98 Å². The summed E-state index contributed by atoms with van der Waals surface area (Å²) in [6.45, 7) is 1.95. The summed E-state index contributed by atoms with van der Waals surface area (Å²) >= 11 is 5.73. The standard InChI is InChI=1S/C22H24ClF4N7O/c1-2-3-13(4-5-17(28)35)34-19-16(10-29-20(33-19)30-12-8-22(26,27)9-12)31-21(34)32-18-14(24)6-11(23)7-15(18)25/h6-7,10,12-13H,2-5,8-9H2,1H3,(H2,28,35)(H,31,32)(H,29,30,33)/t13-/m0/s1. The van der Waals surface area contributed by atoms with Crippen LogP contribution in [0.2, 0.25) is 5.02 Å². The van der Waals surface area contributed by atoms with Gasteiger partial charge in [0.15, 0.2) is 17.3 Å². The minimum Gasteiger partial charge on any atom is -0.370 e. The molecule has 0 aliphatic heterocycles. The molecule has 1 saturated carbocycles. The Hall–Kier alpha value is -3.15. The summed E-state index contributed by atoms with van der Waals surface area (Å²) in [6, 6.07) is 1.10. The zero-order chi connectivity index (χ0) is 25.3. The number of imidazole rings is 1. The summed E-state index contributed by atoms with van der Waals surface area (Å²) < 4.78 is 57.2. The second-order valence-corrected chi connectivity index (χ2v) is 9.07. The first-order valence-corrected chi connectivity index (χ1v) is 11.5. The van der Waals surface area contributed by atoms with Crippen LogP contribution in [-0.2, 0) is 4.79 Å². The van der Waals surface area contributed by atoms with Crippen molar-refractivity contribution in [1.82, 2.24) is 19.5 Å². The van der Waals surface area contributed by atoms with E-state index >= 15 is 0 Å². The minimum atomic E-state index is -2.71. The van der Waals surface area contributed by atoms with E-state index in [4.69, 9.17) is 17.3 Å². The molecule has 13 heteroatoms. The molecule has 1 aliphatic rings. The second-order valence-electron chi connectivity index (χ2n) is 8.63. The Kier molecular flexibility index (Phi) is 7.02. The number of carbonyl (C=O) groups is 1. The highest BCUT2D eigenvalue weighted by Crippen LogP contribution is 2.39. The summed E-state index contributed by atoms with van der Waals surface area (Å²) in [5.74, 6) is -4.85. The molecule has 1 atom stereocenters. The van der Waals surface area contributed by atoms with Crippen molar-refractivity contribution < 1.29 is 22.4 Å². The molecule has 1 amide bonds. The third-order valence-electron chi connectivity index (χ3n) is 5.81. The van der Waals surface area contributed by atoms with Crippen LogP contribution in [0, 0.1) is 11.6 Å². The number of hydrogen-bond acceptors (Lipinski definition) is 6. The maximum absolute atomic E-state index is 14.5. The molecule has 1 aromatic carbocycles. The molecule has 2 aromatic heterocycles. The quantitative estimate of drug-likeness (QED) is 0.316. The van der Waals surface area contributed by atoms with Crippen molar-refractivity contribution >= 4 is 46.3 Å². The first-order chi connectivity index (χ1) is 16.6. The number of nitrogens with one attached hydrogen (secondary N) is 2. The van der Waals surface area contributed by atoms with Crippen molar-refractivity contribution in [3.05, 3.63) is 35.0 Å². The number of amides is 1. The van der Waals surface area contributed by atoms with Gasteiger partial charge in [0.05, 0.1) is 6.20 Å². The van der Waals surface area contributed by atoms with Crippen LogP contribution in [0.5, 0.6) is 0 Å². The van der Waals surface area contributed by atoms with Crippen molar-refractivity contribution in [3.63, 3.8) is 0 Å². The van der Waals surface area contributed by atoms with Gasteiger partial charge in [-0.25, -0.2) is 27.5 Å². The Morgan fingerprint density at radius 2 is 1.94 bits per heavy atom. The smallest absolute Gasteiger partial charge is 0.252 e. The average Bonchev–Trinajstić information content (AvgIpc) is 3.09. The van der Waals surface area contributed by atoms with Crippen molar-refractivity contribution in [2.24, 2.45) is 5.73 Å². The first kappa shape index (κ1) is 25.0. The molecule has 0 unspecified atom stereocenters. The number of alkyl halides is 2. The van der Waals surface area contributed by atoms with E-state index in [-0.39, 0.29) is 42.2 Å². The van der Waals surface area contributed by atoms with Crippen LogP contribution < -0.4 is 16.4 Å². The van der Waals surface area contributed by atoms with Crippen molar-refractivity contribution in [2.75, 3.05) is 10.6 Å². The van der Waals surface area contributed by atoms with Gasteiger partial charge in [0.1, 0.15) is 11.2 Å². The molecule has 0 radical (unpaired) electrons. The lowest BCUT2D eigenvalue weighted by Crippen LogP contribution is -2.44. The number of fused-ring (bicyclic) bond motifs is 1. The number of anilines is 3. The first-order valence-electron chi connectivity index (χ1n) is 11.2. The van der Waals surface area contributed by atoms with Gasteiger partial charge in [0.25, 0.3) is 5.92 Å². The van der Waals surface area contributed by atoms with Crippen LogP contribution in [0.15, 0.2) is 18.3 Å². The molecule has 2 heterocycles. The van der Waals surface area contributed by atoms with Gasteiger partial charge in [-0.1, -0.05) is 24.9 Å². The predicted molar refractivity (Wildman–Crippen MR) is 124 cm³/mol. The molecular weight excluding hydrogens is 490 g/mol. The van der Waals surface area contributed by atoms with E-state index in [2.05, 4.69) is 25.6 Å². The molecule has 35 heavy (non-hydrogen) atoms. The van der Waals surface area contributed by atoms with Gasteiger partial charge in [-0.15, -0.1) is 0 Å². The molecule has 188 valence electrons. The Labute approximate surface area is 203 Å². The zero-order valence-electron chi connectivity index (χ0n) is 18.8. The monoisotopic (exact) mass is 513 g/mol. The van der Waals surface area contributed by atoms with E-state index in [0.29, 0.717) is 24.0 Å². The van der Waals surface area contributed by atoms with Gasteiger partial charge >= 0.3 is 0 Å². The molecule has 4 rings (SSSR count). The third-order valence-corrected chi connectivity index (χ3v) is 6.03. The van der Waals surface area contributed by atoms with Crippen LogP contribution in [0.4, 0.5) is 35.1 Å². The molecule has 0 bridgehead atoms. The SMILES string of the molecule is CCC[C@@H](CCC(N)=O)n1c(Nc2c(F)cc(Cl)cc2F)nc2cnc(NC3CC(F)(F)C3)nc21. The summed E-state index contributed by atoms with van der Waals surface area (Å²) in [5.41, 5.74) is 5.52. The minimum absolute atomic E-state index is 0.0702. The van der Waals surface area contributed by atoms with Crippen LogP contribution in [-0.4, -0.2) is 37.4 Å². The number of hydrogen-bond donors (Lipinski definition) is 3. The molecule has 1 fully saturated rings. The average molecular weight is 514 g/mol. The summed E-state index contributed by atoms with van der Waals surface area (Å²) in [6.07, 6.45) is 2.45. The van der Waals surface area contributed by atoms with Crippen molar-refractivity contribution in [1.29, 1.82) is 0 Å². The van der Waals surface area contributed by atoms with Gasteiger partial charge < -0.3 is 16.4 Å². The highest BCUT2D eigenvalue weighted by atomic mass is 35.5. The largest absolute Gasteiger partial charge is 0.370 e. The van der Waals surface area contributed by atoms with Gasteiger partial charge in [-0.3, -0.25) is 9.36 Å². The number of nitrogens with two attached hydrogens (primary N) is 1. The number of primary amides is 1. The summed E-state index contributed by atoms with van der Waals surface area (Å²) in [5, 5.41) is 5.47. The van der Waals surface area contributed by atoms with Crippen LogP contribution in [0.25, 0.3) is 11.2 Å². The normalized spacial score (nSPS) is 16.2. The van der Waals surface area contributed by atoms with Gasteiger partial charge in [-0.05, 0) is 25.0 Å². The van der Waals surface area contributed by atoms with Gasteiger partial charge in [0.2, 0.25) is 17.8 Å². The molecule has 3 aromatic rings. The Morgan fingerprint density at radius 1 is 1.26 bits per heavy atom. The molecule has 4 N–H and O–H groups in total. The summed E-state index contributed by atoms with van der Waals surface area (Å²) in [4.78, 5) is 24.5. The number of benzene rings is 1.